The molecule has 0 bridgehead atoms. The fraction of sp³-hybridized carbons (Fsp3) is 0.208. The third-order valence-corrected chi connectivity index (χ3v) is 6.93. The zero-order chi connectivity index (χ0) is 21.7. The molecule has 0 saturated heterocycles. The van der Waals surface area contributed by atoms with Crippen molar-refractivity contribution in [3.8, 4) is 5.75 Å². The predicted octanol–water partition coefficient (Wildman–Crippen LogP) is 5.24. The van der Waals surface area contributed by atoms with E-state index in [1.807, 2.05) is 24.3 Å². The molecule has 6 heteroatoms. The van der Waals surface area contributed by atoms with Gasteiger partial charge < -0.3 is 4.74 Å². The highest BCUT2D eigenvalue weighted by Gasteiger charge is 2.22. The van der Waals surface area contributed by atoms with Gasteiger partial charge in [0, 0.05) is 7.05 Å². The summed E-state index contributed by atoms with van der Waals surface area (Å²) < 4.78 is 32.5. The summed E-state index contributed by atoms with van der Waals surface area (Å²) in [7, 11) is -2.23. The second kappa shape index (κ2) is 9.13. The molecule has 5 nitrogen and oxygen atoms in total. The van der Waals surface area contributed by atoms with Crippen LogP contribution in [0.5, 0.6) is 5.75 Å². The van der Waals surface area contributed by atoms with E-state index in [-0.39, 0.29) is 16.4 Å². The van der Waals surface area contributed by atoms with Gasteiger partial charge in [-0.2, -0.15) is 0 Å². The Morgan fingerprint density at radius 1 is 0.933 bits per heavy atom. The van der Waals surface area contributed by atoms with Gasteiger partial charge in [0.15, 0.2) is 0 Å². The number of hydrogen-bond donors (Lipinski definition) is 0. The zero-order valence-corrected chi connectivity index (χ0v) is 18.1. The van der Waals surface area contributed by atoms with Crippen molar-refractivity contribution in [1.82, 2.24) is 0 Å². The molecule has 30 heavy (non-hydrogen) atoms. The molecule has 0 spiro atoms. The molecule has 0 aromatic heterocycles. The van der Waals surface area contributed by atoms with E-state index in [0.717, 1.165) is 12.0 Å². The van der Waals surface area contributed by atoms with E-state index in [1.165, 1.54) is 35.6 Å². The summed E-state index contributed by atoms with van der Waals surface area (Å²) in [5, 5.41) is 0. The van der Waals surface area contributed by atoms with Crippen molar-refractivity contribution >= 4 is 21.7 Å². The fourth-order valence-electron chi connectivity index (χ4n) is 3.06. The molecule has 3 aromatic rings. The van der Waals surface area contributed by atoms with Crippen molar-refractivity contribution in [3.63, 3.8) is 0 Å². The van der Waals surface area contributed by atoms with E-state index in [0.29, 0.717) is 11.4 Å². The molecule has 3 aromatic carbocycles. The van der Waals surface area contributed by atoms with Gasteiger partial charge >= 0.3 is 5.97 Å². The van der Waals surface area contributed by atoms with Crippen molar-refractivity contribution in [2.24, 2.45) is 0 Å². The number of nitrogens with zero attached hydrogens (tertiary/aromatic N) is 1. The summed E-state index contributed by atoms with van der Waals surface area (Å²) in [6, 6.07) is 22.1. The second-order valence-electron chi connectivity index (χ2n) is 7.07. The lowest BCUT2D eigenvalue weighted by Gasteiger charge is -2.19. The maximum Gasteiger partial charge on any atom is 0.343 e. The Morgan fingerprint density at radius 2 is 1.53 bits per heavy atom. The largest absolute Gasteiger partial charge is 0.423 e. The highest BCUT2D eigenvalue weighted by Crippen LogP contribution is 2.29. The highest BCUT2D eigenvalue weighted by molar-refractivity contribution is 7.92. The van der Waals surface area contributed by atoms with Crippen LogP contribution in [0.2, 0.25) is 0 Å². The number of para-hydroxylation sites is 2. The third-order valence-electron chi connectivity index (χ3n) is 5.13. The molecule has 0 fully saturated rings. The lowest BCUT2D eigenvalue weighted by atomic mass is 9.98. The summed E-state index contributed by atoms with van der Waals surface area (Å²) >= 11 is 0. The minimum Gasteiger partial charge on any atom is -0.423 e. The number of rotatable bonds is 7. The number of anilines is 1. The SMILES string of the molecule is CCC(C)c1ccccc1OC(=O)c1ccc(S(=O)(=O)N(C)c2ccccc2)cc1. The number of hydrogen-bond acceptors (Lipinski definition) is 4. The summed E-state index contributed by atoms with van der Waals surface area (Å²) in [6.07, 6.45) is 0.927. The number of ether oxygens (including phenoxy) is 1. The Bertz CT molecular complexity index is 1110. The first-order chi connectivity index (χ1) is 14.3. The van der Waals surface area contributed by atoms with Crippen LogP contribution in [-0.2, 0) is 10.0 Å². The molecular weight excluding hydrogens is 398 g/mol. The van der Waals surface area contributed by atoms with Crippen LogP contribution in [0, 0.1) is 0 Å². The molecule has 3 rings (SSSR count). The van der Waals surface area contributed by atoms with Gasteiger partial charge in [0.1, 0.15) is 5.75 Å². The summed E-state index contributed by atoms with van der Waals surface area (Å²) in [5.74, 6) is 0.263. The number of carbonyl (C=O) groups is 1. The normalized spacial score (nSPS) is 12.2. The number of benzene rings is 3. The molecule has 1 atom stereocenters. The average molecular weight is 424 g/mol. The van der Waals surface area contributed by atoms with Crippen LogP contribution < -0.4 is 9.04 Å². The predicted molar refractivity (Wildman–Crippen MR) is 119 cm³/mol. The van der Waals surface area contributed by atoms with Crippen LogP contribution in [0.25, 0.3) is 0 Å². The van der Waals surface area contributed by atoms with Gasteiger partial charge in [-0.3, -0.25) is 4.31 Å². The minimum atomic E-state index is -3.73. The van der Waals surface area contributed by atoms with Gasteiger partial charge in [-0.1, -0.05) is 50.2 Å². The van der Waals surface area contributed by atoms with Gasteiger partial charge in [-0.15, -0.1) is 0 Å². The lowest BCUT2D eigenvalue weighted by Crippen LogP contribution is -2.26. The molecule has 0 aliphatic rings. The Hall–Kier alpha value is -3.12. The Morgan fingerprint density at radius 3 is 2.17 bits per heavy atom. The second-order valence-corrected chi connectivity index (χ2v) is 9.04. The lowest BCUT2D eigenvalue weighted by molar-refractivity contribution is 0.0732. The topological polar surface area (TPSA) is 63.7 Å². The average Bonchev–Trinajstić information content (AvgIpc) is 2.79. The van der Waals surface area contributed by atoms with Gasteiger partial charge in [-0.05, 0) is 60.4 Å². The molecule has 1 unspecified atom stereocenters. The number of carbonyl (C=O) groups excluding carboxylic acids is 1. The Balaban J connectivity index is 1.80. The quantitative estimate of drug-likeness (QED) is 0.385. The van der Waals surface area contributed by atoms with Gasteiger partial charge in [0.2, 0.25) is 0 Å². The van der Waals surface area contributed by atoms with Crippen molar-refractivity contribution in [2.75, 3.05) is 11.4 Å². The van der Waals surface area contributed by atoms with Gasteiger partial charge in [0.25, 0.3) is 10.0 Å². The number of sulfonamides is 1. The van der Waals surface area contributed by atoms with Crippen LogP contribution in [-0.4, -0.2) is 21.4 Å². The maximum absolute atomic E-state index is 12.9. The van der Waals surface area contributed by atoms with E-state index in [4.69, 9.17) is 4.74 Å². The van der Waals surface area contributed by atoms with Crippen LogP contribution in [0.1, 0.15) is 42.1 Å². The summed E-state index contributed by atoms with van der Waals surface area (Å²) in [6.45, 7) is 4.16. The molecule has 0 saturated carbocycles. The standard InChI is InChI=1S/C24H25NO4S/c1-4-18(2)22-12-8-9-13-23(22)29-24(26)19-14-16-21(17-15-19)30(27,28)25(3)20-10-6-5-7-11-20/h5-18H,4H2,1-3H3. The van der Waals surface area contributed by atoms with Crippen LogP contribution >= 0.6 is 0 Å². The first-order valence-corrected chi connectivity index (χ1v) is 11.2. The molecule has 0 radical (unpaired) electrons. The molecule has 0 aliphatic carbocycles. The Kier molecular flexibility index (Phi) is 6.57. The van der Waals surface area contributed by atoms with Crippen molar-refractivity contribution in [2.45, 2.75) is 31.1 Å². The Labute approximate surface area is 178 Å². The van der Waals surface area contributed by atoms with E-state index in [1.54, 1.807) is 30.3 Å². The van der Waals surface area contributed by atoms with Crippen molar-refractivity contribution in [1.29, 1.82) is 0 Å². The molecule has 156 valence electrons. The highest BCUT2D eigenvalue weighted by atomic mass is 32.2. The molecule has 0 aliphatic heterocycles. The number of esters is 1. The summed E-state index contributed by atoms with van der Waals surface area (Å²) in [5.41, 5.74) is 1.81. The maximum atomic E-state index is 12.9. The monoisotopic (exact) mass is 423 g/mol. The zero-order valence-electron chi connectivity index (χ0n) is 17.3. The van der Waals surface area contributed by atoms with E-state index in [2.05, 4.69) is 13.8 Å². The third kappa shape index (κ3) is 4.54. The summed E-state index contributed by atoms with van der Waals surface area (Å²) in [4.78, 5) is 12.7. The molecular formula is C24H25NO4S. The van der Waals surface area contributed by atoms with E-state index >= 15 is 0 Å². The van der Waals surface area contributed by atoms with Crippen LogP contribution in [0.15, 0.2) is 83.8 Å². The first kappa shape index (κ1) is 21.6. The first-order valence-electron chi connectivity index (χ1n) is 9.79. The van der Waals surface area contributed by atoms with Crippen molar-refractivity contribution in [3.05, 3.63) is 90.0 Å². The molecule has 0 amide bonds. The minimum absolute atomic E-state index is 0.102. The van der Waals surface area contributed by atoms with Crippen molar-refractivity contribution < 1.29 is 17.9 Å². The van der Waals surface area contributed by atoms with E-state index < -0.39 is 16.0 Å². The van der Waals surface area contributed by atoms with Gasteiger partial charge in [0.05, 0.1) is 16.1 Å². The van der Waals surface area contributed by atoms with Crippen LogP contribution in [0.3, 0.4) is 0 Å². The van der Waals surface area contributed by atoms with Crippen LogP contribution in [0.4, 0.5) is 5.69 Å². The van der Waals surface area contributed by atoms with E-state index in [9.17, 15) is 13.2 Å². The fourth-order valence-corrected chi connectivity index (χ4v) is 4.25. The molecule has 0 heterocycles. The van der Waals surface area contributed by atoms with Gasteiger partial charge in [-0.25, -0.2) is 13.2 Å². The smallest absolute Gasteiger partial charge is 0.343 e. The molecule has 0 N–H and O–H groups in total.